The van der Waals surface area contributed by atoms with Crippen LogP contribution in [0, 0.1) is 18.7 Å². The van der Waals surface area contributed by atoms with E-state index >= 15 is 0 Å². The lowest BCUT2D eigenvalue weighted by Crippen LogP contribution is -2.47. The number of aryl methyl sites for hydroxylation is 1. The average Bonchev–Trinajstić information content (AvgIpc) is 3.19. The number of amides is 2. The maximum absolute atomic E-state index is 14.3. The van der Waals surface area contributed by atoms with Crippen molar-refractivity contribution in [2.24, 2.45) is 5.92 Å². The second-order valence-electron chi connectivity index (χ2n) is 7.45. The Hall–Kier alpha value is -3.82. The predicted molar refractivity (Wildman–Crippen MR) is 116 cm³/mol. The third kappa shape index (κ3) is 5.26. The Morgan fingerprint density at radius 1 is 1.16 bits per heavy atom. The lowest BCUT2D eigenvalue weighted by molar-refractivity contribution is -0.118. The van der Waals surface area contributed by atoms with Crippen molar-refractivity contribution >= 4 is 17.5 Å². The van der Waals surface area contributed by atoms with Gasteiger partial charge in [0.1, 0.15) is 23.3 Å². The lowest BCUT2D eigenvalue weighted by Gasteiger charge is -2.22. The minimum absolute atomic E-state index is 0.102. The number of rotatable bonds is 8. The number of nitrogens with zero attached hydrogens (tertiary/aromatic N) is 4. The number of carbonyl (C=O) groups excluding carboxylic acids is 2. The van der Waals surface area contributed by atoms with Crippen LogP contribution in [-0.4, -0.2) is 44.7 Å². The third-order valence-electron chi connectivity index (χ3n) is 4.73. The third-order valence-corrected chi connectivity index (χ3v) is 4.73. The number of ether oxygens (including phenoxy) is 1. The number of benzene rings is 2. The summed E-state index contributed by atoms with van der Waals surface area (Å²) in [4.78, 5) is 25.6. The number of halogens is 1. The number of anilines is 1. The van der Waals surface area contributed by atoms with Gasteiger partial charge in [-0.25, -0.2) is 4.39 Å². The minimum Gasteiger partial charge on any atom is -0.494 e. The molecule has 0 aliphatic carbocycles. The molecular weight excluding hydrogens is 415 g/mol. The molecule has 0 saturated heterocycles. The summed E-state index contributed by atoms with van der Waals surface area (Å²) in [6.07, 6.45) is 0. The van der Waals surface area contributed by atoms with Gasteiger partial charge >= 0.3 is 0 Å². The van der Waals surface area contributed by atoms with Crippen LogP contribution in [0.5, 0.6) is 5.75 Å². The number of carbonyl (C=O) groups is 2. The maximum atomic E-state index is 14.3. The first kappa shape index (κ1) is 22.9. The molecule has 3 rings (SSSR count). The molecule has 1 heterocycles. The maximum Gasteiger partial charge on any atom is 0.251 e. The number of hydrogen-bond acceptors (Lipinski definition) is 6. The second kappa shape index (κ2) is 9.99. The van der Waals surface area contributed by atoms with E-state index in [4.69, 9.17) is 4.74 Å². The van der Waals surface area contributed by atoms with Crippen LogP contribution in [0.25, 0.3) is 5.69 Å². The van der Waals surface area contributed by atoms with Crippen molar-refractivity contribution in [3.05, 3.63) is 59.7 Å². The van der Waals surface area contributed by atoms with Gasteiger partial charge < -0.3 is 15.4 Å². The first-order chi connectivity index (χ1) is 15.3. The van der Waals surface area contributed by atoms with Crippen molar-refractivity contribution in [3.63, 3.8) is 0 Å². The predicted octanol–water partition coefficient (Wildman–Crippen LogP) is 2.90. The van der Waals surface area contributed by atoms with Crippen molar-refractivity contribution < 1.29 is 18.7 Å². The quantitative estimate of drug-likeness (QED) is 0.557. The largest absolute Gasteiger partial charge is 0.494 e. The summed E-state index contributed by atoms with van der Waals surface area (Å²) in [5, 5.41) is 16.5. The molecule has 0 radical (unpaired) electrons. The van der Waals surface area contributed by atoms with Crippen molar-refractivity contribution in [1.82, 2.24) is 25.5 Å². The van der Waals surface area contributed by atoms with Gasteiger partial charge in [0.15, 0.2) is 5.82 Å². The Bertz CT molecular complexity index is 1100. The van der Waals surface area contributed by atoms with Crippen LogP contribution in [0.4, 0.5) is 10.1 Å². The SMILES string of the molecule is CCOc1ccc(C(=O)NC(C(=O)Nc2ccc(F)c(-n3nnnc3C)c2)C(C)C)cc1. The summed E-state index contributed by atoms with van der Waals surface area (Å²) in [5.41, 5.74) is 0.859. The highest BCUT2D eigenvalue weighted by atomic mass is 19.1. The second-order valence-corrected chi connectivity index (χ2v) is 7.45. The summed E-state index contributed by atoms with van der Waals surface area (Å²) in [5.74, 6) is -0.482. The van der Waals surface area contributed by atoms with Crippen molar-refractivity contribution in [2.45, 2.75) is 33.7 Å². The molecule has 1 unspecified atom stereocenters. The Labute approximate surface area is 185 Å². The van der Waals surface area contributed by atoms with Crippen LogP contribution >= 0.6 is 0 Å². The summed E-state index contributed by atoms with van der Waals surface area (Å²) < 4.78 is 20.9. The smallest absolute Gasteiger partial charge is 0.251 e. The number of hydrogen-bond donors (Lipinski definition) is 2. The standard InChI is InChI=1S/C22H25FN6O3/c1-5-32-17-9-6-15(7-10-17)21(30)25-20(13(2)3)22(31)24-16-8-11-18(23)19(12-16)29-14(4)26-27-28-29/h6-13,20H,5H2,1-4H3,(H,24,31)(H,25,30). The zero-order chi connectivity index (χ0) is 23.3. The molecule has 0 bridgehead atoms. The molecule has 1 atom stereocenters. The molecule has 2 amide bonds. The molecule has 1 aromatic heterocycles. The number of aromatic nitrogens is 4. The molecule has 2 N–H and O–H groups in total. The molecule has 2 aromatic carbocycles. The first-order valence-corrected chi connectivity index (χ1v) is 10.2. The fourth-order valence-corrected chi connectivity index (χ4v) is 3.06. The van der Waals surface area contributed by atoms with Crippen molar-refractivity contribution in [3.8, 4) is 11.4 Å². The Kier molecular flexibility index (Phi) is 7.14. The summed E-state index contributed by atoms with van der Waals surface area (Å²) in [6.45, 7) is 7.68. The van der Waals surface area contributed by atoms with Gasteiger partial charge in [-0.3, -0.25) is 9.59 Å². The minimum atomic E-state index is -0.808. The topological polar surface area (TPSA) is 111 Å². The highest BCUT2D eigenvalue weighted by Gasteiger charge is 2.25. The Morgan fingerprint density at radius 3 is 2.47 bits per heavy atom. The molecule has 10 heteroatoms. The molecule has 0 aliphatic heterocycles. The molecule has 32 heavy (non-hydrogen) atoms. The van der Waals surface area contributed by atoms with Crippen LogP contribution in [-0.2, 0) is 4.79 Å². The van der Waals surface area contributed by atoms with Crippen LogP contribution < -0.4 is 15.4 Å². The monoisotopic (exact) mass is 440 g/mol. The van der Waals surface area contributed by atoms with Crippen molar-refractivity contribution in [1.29, 1.82) is 0 Å². The molecule has 168 valence electrons. The van der Waals surface area contributed by atoms with Crippen molar-refractivity contribution in [2.75, 3.05) is 11.9 Å². The van der Waals surface area contributed by atoms with Gasteiger partial charge in [-0.1, -0.05) is 13.8 Å². The number of tetrazole rings is 1. The van der Waals surface area contributed by atoms with E-state index < -0.39 is 17.8 Å². The van der Waals surface area contributed by atoms with Gasteiger partial charge in [0.05, 0.1) is 6.61 Å². The van der Waals surface area contributed by atoms with E-state index in [9.17, 15) is 14.0 Å². The highest BCUT2D eigenvalue weighted by molar-refractivity contribution is 6.01. The summed E-state index contributed by atoms with van der Waals surface area (Å²) in [7, 11) is 0. The van der Waals surface area contributed by atoms with Gasteiger partial charge in [-0.2, -0.15) is 4.68 Å². The van der Waals surface area contributed by atoms with E-state index in [0.29, 0.717) is 29.4 Å². The van der Waals surface area contributed by atoms with E-state index in [1.54, 1.807) is 31.2 Å². The van der Waals surface area contributed by atoms with Crippen LogP contribution in [0.3, 0.4) is 0 Å². The Morgan fingerprint density at radius 2 is 1.88 bits per heavy atom. The van der Waals surface area contributed by atoms with E-state index in [1.807, 2.05) is 20.8 Å². The normalized spacial score (nSPS) is 11.8. The van der Waals surface area contributed by atoms with E-state index in [-0.39, 0.29) is 17.5 Å². The summed E-state index contributed by atoms with van der Waals surface area (Å²) in [6, 6.07) is 9.94. The highest BCUT2D eigenvalue weighted by Crippen LogP contribution is 2.20. The van der Waals surface area contributed by atoms with E-state index in [0.717, 1.165) is 0 Å². The Balaban J connectivity index is 1.74. The fourth-order valence-electron chi connectivity index (χ4n) is 3.06. The molecule has 0 spiro atoms. The van der Waals surface area contributed by atoms with E-state index in [2.05, 4.69) is 26.2 Å². The van der Waals surface area contributed by atoms with Gasteiger partial charge in [-0.05, 0) is 72.7 Å². The van der Waals surface area contributed by atoms with Gasteiger partial charge in [0, 0.05) is 11.3 Å². The molecule has 0 saturated carbocycles. The van der Waals surface area contributed by atoms with Gasteiger partial charge in [0.2, 0.25) is 5.91 Å². The van der Waals surface area contributed by atoms with Crippen LogP contribution in [0.2, 0.25) is 0 Å². The molecule has 3 aromatic rings. The molecule has 0 aliphatic rings. The molecule has 0 fully saturated rings. The van der Waals surface area contributed by atoms with Crippen LogP contribution in [0.1, 0.15) is 37.0 Å². The zero-order valence-electron chi connectivity index (χ0n) is 18.3. The average molecular weight is 440 g/mol. The van der Waals surface area contributed by atoms with Gasteiger partial charge in [0.25, 0.3) is 5.91 Å². The van der Waals surface area contributed by atoms with E-state index in [1.165, 1.54) is 22.9 Å². The van der Waals surface area contributed by atoms with Gasteiger partial charge in [-0.15, -0.1) is 5.10 Å². The number of nitrogens with one attached hydrogen (secondary N) is 2. The lowest BCUT2D eigenvalue weighted by atomic mass is 10.0. The fraction of sp³-hybridized carbons (Fsp3) is 0.318. The molecular formula is C22H25FN6O3. The zero-order valence-corrected chi connectivity index (χ0v) is 18.3. The molecule has 9 nitrogen and oxygen atoms in total. The summed E-state index contributed by atoms with van der Waals surface area (Å²) >= 11 is 0. The van der Waals surface area contributed by atoms with Crippen LogP contribution in [0.15, 0.2) is 42.5 Å². The first-order valence-electron chi connectivity index (χ1n) is 10.2.